The normalized spacial score (nSPS) is 13.2. The fraction of sp³-hybridized carbons (Fsp3) is 0.0189. The highest BCUT2D eigenvalue weighted by atomic mass is 32.1. The number of furan rings is 1. The van der Waals surface area contributed by atoms with Crippen LogP contribution in [0.1, 0.15) is 22.3 Å². The van der Waals surface area contributed by atoms with Crippen LogP contribution in [-0.2, 0) is 5.41 Å². The number of hydrogen-bond acceptors (Lipinski definition) is 2. The molecule has 1 aliphatic carbocycles. The van der Waals surface area contributed by atoms with E-state index in [1.807, 2.05) is 11.3 Å². The van der Waals surface area contributed by atoms with Crippen molar-refractivity contribution in [2.75, 3.05) is 0 Å². The largest absolute Gasteiger partial charge is 0.455 e. The van der Waals surface area contributed by atoms with Crippen molar-refractivity contribution < 1.29 is 4.42 Å². The van der Waals surface area contributed by atoms with Crippen LogP contribution in [-0.4, -0.2) is 0 Å². The minimum atomic E-state index is -0.472. The zero-order valence-electron chi connectivity index (χ0n) is 29.8. The molecule has 256 valence electrons. The van der Waals surface area contributed by atoms with Crippen LogP contribution in [0.3, 0.4) is 0 Å². The topological polar surface area (TPSA) is 13.1 Å². The Hall–Kier alpha value is -6.74. The lowest BCUT2D eigenvalue weighted by atomic mass is 9.68. The third kappa shape index (κ3) is 4.18. The van der Waals surface area contributed by atoms with Gasteiger partial charge in [-0.25, -0.2) is 0 Å². The maximum absolute atomic E-state index is 6.99. The maximum atomic E-state index is 6.99. The molecule has 12 rings (SSSR count). The van der Waals surface area contributed by atoms with Crippen molar-refractivity contribution in [1.29, 1.82) is 0 Å². The van der Waals surface area contributed by atoms with Crippen LogP contribution < -0.4 is 0 Å². The van der Waals surface area contributed by atoms with Crippen molar-refractivity contribution in [2.24, 2.45) is 0 Å². The van der Waals surface area contributed by atoms with E-state index in [2.05, 4.69) is 193 Å². The first-order valence-corrected chi connectivity index (χ1v) is 19.8. The first-order chi connectivity index (χ1) is 27.3. The maximum Gasteiger partial charge on any atom is 0.143 e. The molecule has 1 aliphatic rings. The molecule has 0 N–H and O–H groups in total. The monoisotopic (exact) mass is 716 g/mol. The summed E-state index contributed by atoms with van der Waals surface area (Å²) in [6.07, 6.45) is 0. The van der Waals surface area contributed by atoms with E-state index in [1.165, 1.54) is 87.3 Å². The average molecular weight is 717 g/mol. The molecule has 0 fully saturated rings. The van der Waals surface area contributed by atoms with E-state index in [4.69, 9.17) is 4.42 Å². The van der Waals surface area contributed by atoms with Gasteiger partial charge in [-0.2, -0.15) is 0 Å². The fourth-order valence-electron chi connectivity index (χ4n) is 9.81. The van der Waals surface area contributed by atoms with Crippen LogP contribution in [0.4, 0.5) is 0 Å². The smallest absolute Gasteiger partial charge is 0.143 e. The molecule has 0 spiro atoms. The molecule has 2 aromatic heterocycles. The summed E-state index contributed by atoms with van der Waals surface area (Å²) < 4.78 is 8.30. The molecule has 2 heteroatoms. The predicted octanol–water partition coefficient (Wildman–Crippen LogP) is 14.8. The molecular formula is C53H32OS. The van der Waals surface area contributed by atoms with Crippen LogP contribution >= 0.6 is 11.3 Å². The Morgan fingerprint density at radius 1 is 0.382 bits per heavy atom. The van der Waals surface area contributed by atoms with Gasteiger partial charge >= 0.3 is 0 Å². The van der Waals surface area contributed by atoms with Gasteiger partial charge in [0, 0.05) is 32.0 Å². The first kappa shape index (κ1) is 30.7. The molecule has 55 heavy (non-hydrogen) atoms. The van der Waals surface area contributed by atoms with Crippen LogP contribution in [0.25, 0.3) is 87.0 Å². The van der Waals surface area contributed by atoms with Crippen molar-refractivity contribution in [2.45, 2.75) is 5.41 Å². The Bertz CT molecular complexity index is 3220. The minimum absolute atomic E-state index is 0.472. The summed E-state index contributed by atoms with van der Waals surface area (Å²) in [5.74, 6) is 0. The summed E-state index contributed by atoms with van der Waals surface area (Å²) >= 11 is 1.82. The molecule has 0 radical (unpaired) electrons. The van der Waals surface area contributed by atoms with Gasteiger partial charge < -0.3 is 4.42 Å². The number of fused-ring (bicyclic) bond motifs is 10. The third-order valence-electron chi connectivity index (χ3n) is 12.0. The molecular weight excluding hydrogens is 685 g/mol. The Kier molecular flexibility index (Phi) is 6.49. The van der Waals surface area contributed by atoms with E-state index in [9.17, 15) is 0 Å². The van der Waals surface area contributed by atoms with E-state index in [-0.39, 0.29) is 0 Å². The molecule has 0 unspecified atom stereocenters. The second kappa shape index (κ2) is 11.6. The van der Waals surface area contributed by atoms with Gasteiger partial charge in [-0.3, -0.25) is 0 Å². The van der Waals surface area contributed by atoms with Crippen molar-refractivity contribution >= 4 is 64.9 Å². The highest BCUT2D eigenvalue weighted by Crippen LogP contribution is 2.58. The molecule has 0 bridgehead atoms. The zero-order chi connectivity index (χ0) is 36.1. The van der Waals surface area contributed by atoms with Crippen molar-refractivity contribution in [3.63, 3.8) is 0 Å². The summed E-state index contributed by atoms with van der Waals surface area (Å²) in [5, 5.41) is 11.0. The second-order valence-corrected chi connectivity index (χ2v) is 15.6. The first-order valence-electron chi connectivity index (χ1n) is 18.9. The number of benzene rings is 9. The van der Waals surface area contributed by atoms with Gasteiger partial charge in [0.25, 0.3) is 0 Å². The average Bonchev–Trinajstić information content (AvgIpc) is 3.94. The fourth-order valence-corrected chi connectivity index (χ4v) is 10.8. The summed E-state index contributed by atoms with van der Waals surface area (Å²) in [6.45, 7) is 0. The lowest BCUT2D eigenvalue weighted by Crippen LogP contribution is -2.28. The van der Waals surface area contributed by atoms with Gasteiger partial charge in [0.05, 0.1) is 5.41 Å². The predicted molar refractivity (Wildman–Crippen MR) is 232 cm³/mol. The minimum Gasteiger partial charge on any atom is -0.455 e. The van der Waals surface area contributed by atoms with Crippen LogP contribution in [0.15, 0.2) is 198 Å². The number of thiophene rings is 1. The quantitative estimate of drug-likeness (QED) is 0.165. The van der Waals surface area contributed by atoms with E-state index < -0.39 is 5.41 Å². The Morgan fingerprint density at radius 2 is 0.964 bits per heavy atom. The molecule has 0 aliphatic heterocycles. The van der Waals surface area contributed by atoms with Gasteiger partial charge in [-0.05, 0) is 89.6 Å². The standard InChI is InChI=1S/C53H32OS/c1-3-15-34(16-4-1)53(35-17-5-2-6-18-35)45-25-13-11-24-42(45)51-46(53)29-28-41-43-31-33(27-30-47(43)54-52(41)51)49-37-20-7-9-22-39(37)50(40-23-10-8-21-38(40)49)44-32-55-48-26-14-12-19-36(44)48/h1-32H. The van der Waals surface area contributed by atoms with Gasteiger partial charge in [-0.15, -0.1) is 11.3 Å². The summed E-state index contributed by atoms with van der Waals surface area (Å²) in [5.41, 5.74) is 13.9. The molecule has 0 saturated carbocycles. The Balaban J connectivity index is 1.13. The highest BCUT2D eigenvalue weighted by molar-refractivity contribution is 7.17. The lowest BCUT2D eigenvalue weighted by Gasteiger charge is -2.33. The Labute approximate surface area is 322 Å². The van der Waals surface area contributed by atoms with Crippen LogP contribution in [0.2, 0.25) is 0 Å². The molecule has 0 saturated heterocycles. The van der Waals surface area contributed by atoms with Gasteiger partial charge in [-0.1, -0.05) is 170 Å². The number of rotatable bonds is 4. The Morgan fingerprint density at radius 3 is 1.65 bits per heavy atom. The molecule has 2 heterocycles. The van der Waals surface area contributed by atoms with E-state index in [0.717, 1.165) is 21.9 Å². The van der Waals surface area contributed by atoms with E-state index >= 15 is 0 Å². The lowest BCUT2D eigenvalue weighted by molar-refractivity contribution is 0.669. The molecule has 0 atom stereocenters. The molecule has 9 aromatic carbocycles. The van der Waals surface area contributed by atoms with Crippen LogP contribution in [0, 0.1) is 0 Å². The van der Waals surface area contributed by atoms with Crippen LogP contribution in [0.5, 0.6) is 0 Å². The summed E-state index contributed by atoms with van der Waals surface area (Å²) in [6, 6.07) is 69.0. The van der Waals surface area contributed by atoms with Crippen molar-refractivity contribution in [3.8, 4) is 33.4 Å². The summed E-state index contributed by atoms with van der Waals surface area (Å²) in [4.78, 5) is 0. The zero-order valence-corrected chi connectivity index (χ0v) is 30.6. The summed E-state index contributed by atoms with van der Waals surface area (Å²) in [7, 11) is 0. The van der Waals surface area contributed by atoms with Crippen molar-refractivity contribution in [3.05, 3.63) is 216 Å². The molecule has 1 nitrogen and oxygen atoms in total. The number of hydrogen-bond donors (Lipinski definition) is 0. The van der Waals surface area contributed by atoms with E-state index in [1.54, 1.807) is 0 Å². The highest BCUT2D eigenvalue weighted by Gasteiger charge is 2.47. The SMILES string of the molecule is c1ccc(C2(c3ccccc3)c3ccccc3-c3c2ccc2c3oc3ccc(-c4c5ccccc5c(-c5csc6ccccc56)c5ccccc45)cc32)cc1. The van der Waals surface area contributed by atoms with Gasteiger partial charge in [0.2, 0.25) is 0 Å². The van der Waals surface area contributed by atoms with Gasteiger partial charge in [0.15, 0.2) is 0 Å². The van der Waals surface area contributed by atoms with Crippen molar-refractivity contribution in [1.82, 2.24) is 0 Å². The van der Waals surface area contributed by atoms with E-state index in [0.29, 0.717) is 0 Å². The second-order valence-electron chi connectivity index (χ2n) is 14.7. The molecule has 0 amide bonds. The molecule has 11 aromatic rings. The third-order valence-corrected chi connectivity index (χ3v) is 13.0. The van der Waals surface area contributed by atoms with Gasteiger partial charge in [0.1, 0.15) is 11.2 Å².